The van der Waals surface area contributed by atoms with E-state index >= 15 is 0 Å². The molecule has 8 heteroatoms. The van der Waals surface area contributed by atoms with Gasteiger partial charge in [-0.15, -0.1) is 0 Å². The number of fused-ring (bicyclic) bond motifs is 1. The number of amides is 1. The Bertz CT molecular complexity index is 781. The van der Waals surface area contributed by atoms with Crippen molar-refractivity contribution < 1.29 is 23.2 Å². The largest absolute Gasteiger partial charge is 0.469 e. The van der Waals surface area contributed by atoms with Gasteiger partial charge in [0.1, 0.15) is 23.5 Å². The van der Waals surface area contributed by atoms with Crippen molar-refractivity contribution in [3.05, 3.63) is 41.7 Å². The number of hydrogen-bond acceptors (Lipinski definition) is 6. The van der Waals surface area contributed by atoms with Gasteiger partial charge in [0.25, 0.3) is 11.8 Å². The van der Waals surface area contributed by atoms with Crippen LogP contribution >= 0.6 is 0 Å². The Morgan fingerprint density at radius 1 is 1.44 bits per heavy atom. The summed E-state index contributed by atoms with van der Waals surface area (Å²) in [5.74, 6) is -0.166. The zero-order valence-electron chi connectivity index (χ0n) is 13.7. The molecule has 3 heterocycles. The number of hydrogen-bond donors (Lipinski definition) is 0. The molecule has 2 aromatic rings. The van der Waals surface area contributed by atoms with E-state index in [2.05, 4.69) is 10.1 Å². The van der Waals surface area contributed by atoms with Gasteiger partial charge in [-0.1, -0.05) is 5.16 Å². The zero-order valence-corrected chi connectivity index (χ0v) is 13.7. The molecule has 2 aliphatic rings. The SMILES string of the molecule is Cc1oncc1C(=O)N1CCO[C@H]2[C@H](Oc3ncccc3F)CC[C@@H]21. The molecule has 4 rings (SSSR count). The Labute approximate surface area is 143 Å². The highest BCUT2D eigenvalue weighted by molar-refractivity contribution is 5.95. The zero-order chi connectivity index (χ0) is 17.4. The van der Waals surface area contributed by atoms with Crippen molar-refractivity contribution in [3.8, 4) is 5.88 Å². The lowest BCUT2D eigenvalue weighted by Gasteiger charge is -2.38. The molecular weight excluding hydrogens is 329 g/mol. The molecule has 7 nitrogen and oxygen atoms in total. The number of pyridine rings is 1. The van der Waals surface area contributed by atoms with Gasteiger partial charge in [0.15, 0.2) is 5.82 Å². The van der Waals surface area contributed by atoms with E-state index in [9.17, 15) is 9.18 Å². The van der Waals surface area contributed by atoms with E-state index in [1.54, 1.807) is 11.8 Å². The van der Waals surface area contributed by atoms with Gasteiger partial charge in [-0.25, -0.2) is 9.37 Å². The lowest BCUT2D eigenvalue weighted by atomic mass is 10.1. The van der Waals surface area contributed by atoms with Crippen LogP contribution in [-0.2, 0) is 4.74 Å². The first-order chi connectivity index (χ1) is 12.1. The number of carbonyl (C=O) groups excluding carboxylic acids is 1. The molecule has 0 aromatic carbocycles. The second-order valence-corrected chi connectivity index (χ2v) is 6.22. The summed E-state index contributed by atoms with van der Waals surface area (Å²) in [5.41, 5.74) is 0.459. The maximum atomic E-state index is 13.8. The summed E-state index contributed by atoms with van der Waals surface area (Å²) in [6.45, 7) is 2.61. The van der Waals surface area contributed by atoms with Crippen LogP contribution in [0.1, 0.15) is 29.0 Å². The Kier molecular flexibility index (Phi) is 4.12. The Morgan fingerprint density at radius 3 is 3.08 bits per heavy atom. The number of rotatable bonds is 3. The first-order valence-corrected chi connectivity index (χ1v) is 8.26. The van der Waals surface area contributed by atoms with Crippen LogP contribution in [0.5, 0.6) is 5.88 Å². The van der Waals surface area contributed by atoms with Crippen molar-refractivity contribution in [1.29, 1.82) is 0 Å². The molecule has 2 aromatic heterocycles. The third-order valence-corrected chi connectivity index (χ3v) is 4.77. The average Bonchev–Trinajstić information content (AvgIpc) is 3.23. The third-order valence-electron chi connectivity index (χ3n) is 4.77. The molecule has 2 fully saturated rings. The van der Waals surface area contributed by atoms with E-state index in [1.165, 1.54) is 24.5 Å². The molecule has 132 valence electrons. The predicted octanol–water partition coefficient (Wildman–Crippen LogP) is 1.97. The summed E-state index contributed by atoms with van der Waals surface area (Å²) in [6.07, 6.45) is 3.66. The molecule has 1 aliphatic carbocycles. The molecule has 0 spiro atoms. The van der Waals surface area contributed by atoms with Gasteiger partial charge in [-0.3, -0.25) is 4.79 Å². The smallest absolute Gasteiger partial charge is 0.259 e. The fraction of sp³-hybridized carbons (Fsp3) is 0.471. The molecule has 1 saturated heterocycles. The highest BCUT2D eigenvalue weighted by Gasteiger charge is 2.46. The van der Waals surface area contributed by atoms with E-state index in [0.29, 0.717) is 30.9 Å². The molecule has 0 bridgehead atoms. The van der Waals surface area contributed by atoms with Gasteiger partial charge in [-0.2, -0.15) is 0 Å². The minimum absolute atomic E-state index is 0.0323. The van der Waals surface area contributed by atoms with Crippen molar-refractivity contribution in [1.82, 2.24) is 15.0 Å². The molecule has 1 aliphatic heterocycles. The highest BCUT2D eigenvalue weighted by atomic mass is 19.1. The fourth-order valence-corrected chi connectivity index (χ4v) is 3.55. The van der Waals surface area contributed by atoms with Gasteiger partial charge in [-0.05, 0) is 31.9 Å². The minimum atomic E-state index is -0.505. The minimum Gasteiger partial charge on any atom is -0.469 e. The summed E-state index contributed by atoms with van der Waals surface area (Å²) in [7, 11) is 0. The van der Waals surface area contributed by atoms with Crippen LogP contribution in [0.2, 0.25) is 0 Å². The van der Waals surface area contributed by atoms with Crippen LogP contribution in [0.3, 0.4) is 0 Å². The molecule has 0 radical (unpaired) electrons. The van der Waals surface area contributed by atoms with Gasteiger partial charge in [0.2, 0.25) is 0 Å². The topological polar surface area (TPSA) is 77.7 Å². The van der Waals surface area contributed by atoms with Crippen LogP contribution in [0.15, 0.2) is 29.0 Å². The molecule has 1 amide bonds. The maximum absolute atomic E-state index is 13.8. The van der Waals surface area contributed by atoms with Gasteiger partial charge in [0, 0.05) is 12.7 Å². The van der Waals surface area contributed by atoms with E-state index in [4.69, 9.17) is 14.0 Å². The third kappa shape index (κ3) is 2.86. The highest BCUT2D eigenvalue weighted by Crippen LogP contribution is 2.34. The van der Waals surface area contributed by atoms with E-state index in [-0.39, 0.29) is 30.0 Å². The van der Waals surface area contributed by atoms with Crippen LogP contribution < -0.4 is 4.74 Å². The van der Waals surface area contributed by atoms with E-state index in [0.717, 1.165) is 6.42 Å². The lowest BCUT2D eigenvalue weighted by Crippen LogP contribution is -2.54. The number of morpholine rings is 1. The number of halogens is 1. The normalized spacial score (nSPS) is 25.7. The second-order valence-electron chi connectivity index (χ2n) is 6.22. The molecule has 3 atom stereocenters. The van der Waals surface area contributed by atoms with Crippen molar-refractivity contribution in [2.75, 3.05) is 13.2 Å². The monoisotopic (exact) mass is 347 g/mol. The summed E-state index contributed by atoms with van der Waals surface area (Å²) >= 11 is 0. The number of carbonyl (C=O) groups is 1. The number of nitrogens with zero attached hydrogens (tertiary/aromatic N) is 3. The van der Waals surface area contributed by atoms with Gasteiger partial charge < -0.3 is 18.9 Å². The van der Waals surface area contributed by atoms with Gasteiger partial charge in [0.05, 0.1) is 18.8 Å². The summed E-state index contributed by atoms with van der Waals surface area (Å²) in [6, 6.07) is 2.70. The average molecular weight is 347 g/mol. The lowest BCUT2D eigenvalue weighted by molar-refractivity contribution is -0.0799. The molecular formula is C17H18FN3O4. The Morgan fingerprint density at radius 2 is 2.32 bits per heavy atom. The maximum Gasteiger partial charge on any atom is 0.259 e. The van der Waals surface area contributed by atoms with Crippen molar-refractivity contribution >= 4 is 5.91 Å². The summed E-state index contributed by atoms with van der Waals surface area (Å²) in [4.78, 5) is 18.5. The van der Waals surface area contributed by atoms with Gasteiger partial charge >= 0.3 is 0 Å². The van der Waals surface area contributed by atoms with Crippen molar-refractivity contribution in [2.24, 2.45) is 0 Å². The first-order valence-electron chi connectivity index (χ1n) is 8.26. The molecule has 25 heavy (non-hydrogen) atoms. The van der Waals surface area contributed by atoms with Crippen LogP contribution in [0.25, 0.3) is 0 Å². The van der Waals surface area contributed by atoms with Crippen molar-refractivity contribution in [2.45, 2.75) is 38.0 Å². The predicted molar refractivity (Wildman–Crippen MR) is 83.6 cm³/mol. The van der Waals surface area contributed by atoms with Crippen LogP contribution in [0.4, 0.5) is 4.39 Å². The Balaban J connectivity index is 1.52. The number of aryl methyl sites for hydroxylation is 1. The van der Waals surface area contributed by atoms with E-state index in [1.807, 2.05) is 0 Å². The number of ether oxygens (including phenoxy) is 2. The van der Waals surface area contributed by atoms with Crippen molar-refractivity contribution in [3.63, 3.8) is 0 Å². The first kappa shape index (κ1) is 16.0. The van der Waals surface area contributed by atoms with Crippen LogP contribution in [-0.4, -0.2) is 52.3 Å². The summed E-state index contributed by atoms with van der Waals surface area (Å²) in [5, 5.41) is 3.68. The van der Waals surface area contributed by atoms with E-state index < -0.39 is 5.82 Å². The second kappa shape index (κ2) is 6.44. The fourth-order valence-electron chi connectivity index (χ4n) is 3.55. The number of aromatic nitrogens is 2. The standard InChI is InChI=1S/C17H18FN3O4/c1-10-11(9-20-25-10)17(22)21-7-8-23-15-13(21)4-5-14(15)24-16-12(18)3-2-6-19-16/h2-3,6,9,13-15H,4-5,7-8H2,1H3/t13-,14+,15+/m0/s1. The molecule has 1 saturated carbocycles. The van der Waals surface area contributed by atoms with Crippen LogP contribution in [0, 0.1) is 12.7 Å². The molecule has 0 N–H and O–H groups in total. The molecule has 0 unspecified atom stereocenters. The quantitative estimate of drug-likeness (QED) is 0.845. The Hall–Kier alpha value is -2.48. The summed E-state index contributed by atoms with van der Waals surface area (Å²) < 4.78 is 30.4.